The van der Waals surface area contributed by atoms with Gasteiger partial charge in [-0.15, -0.1) is 0 Å². The van der Waals surface area contributed by atoms with Crippen molar-refractivity contribution in [3.8, 4) is 5.75 Å². The number of likely N-dealkylation sites (tertiary alicyclic amines) is 1. The molecule has 0 bridgehead atoms. The Morgan fingerprint density at radius 2 is 1.96 bits per heavy atom. The summed E-state index contributed by atoms with van der Waals surface area (Å²) in [6.45, 7) is 2.88. The molecule has 1 saturated heterocycles. The van der Waals surface area contributed by atoms with Crippen molar-refractivity contribution in [3.05, 3.63) is 59.7 Å². The third-order valence-electron chi connectivity index (χ3n) is 4.76. The summed E-state index contributed by atoms with van der Waals surface area (Å²) in [7, 11) is 1.63. The van der Waals surface area contributed by atoms with Gasteiger partial charge >= 0.3 is 6.03 Å². The Morgan fingerprint density at radius 3 is 2.76 bits per heavy atom. The monoisotopic (exact) mass is 338 g/mol. The van der Waals surface area contributed by atoms with Crippen LogP contribution in [0.3, 0.4) is 0 Å². The van der Waals surface area contributed by atoms with Gasteiger partial charge in [-0.25, -0.2) is 4.79 Å². The molecule has 0 unspecified atom stereocenters. The lowest BCUT2D eigenvalue weighted by Crippen LogP contribution is -2.38. The van der Waals surface area contributed by atoms with Gasteiger partial charge < -0.3 is 15.0 Å². The van der Waals surface area contributed by atoms with Crippen LogP contribution in [0.5, 0.6) is 5.75 Å². The highest BCUT2D eigenvalue weighted by atomic mass is 16.5. The number of ether oxygens (including phenoxy) is 1. The Balaban J connectivity index is 1.81. The molecule has 1 atom stereocenters. The summed E-state index contributed by atoms with van der Waals surface area (Å²) in [5.74, 6) is 0.740. The van der Waals surface area contributed by atoms with Gasteiger partial charge in [0.1, 0.15) is 5.75 Å². The van der Waals surface area contributed by atoms with Gasteiger partial charge in [-0.3, -0.25) is 0 Å². The third kappa shape index (κ3) is 4.32. The number of carbonyl (C=O) groups is 1. The number of urea groups is 1. The molecule has 132 valence electrons. The van der Waals surface area contributed by atoms with Crippen molar-refractivity contribution in [3.63, 3.8) is 0 Å². The van der Waals surface area contributed by atoms with E-state index in [4.69, 9.17) is 4.74 Å². The summed E-state index contributed by atoms with van der Waals surface area (Å²) in [4.78, 5) is 14.9. The first-order chi connectivity index (χ1) is 12.2. The average molecular weight is 338 g/mol. The third-order valence-corrected chi connectivity index (χ3v) is 4.76. The van der Waals surface area contributed by atoms with Crippen molar-refractivity contribution < 1.29 is 9.53 Å². The molecule has 0 radical (unpaired) electrons. The Bertz CT molecular complexity index is 729. The van der Waals surface area contributed by atoms with Crippen LogP contribution in [0.4, 0.5) is 10.5 Å². The van der Waals surface area contributed by atoms with Crippen molar-refractivity contribution in [1.82, 2.24) is 4.90 Å². The molecule has 1 aliphatic rings. The van der Waals surface area contributed by atoms with E-state index < -0.39 is 0 Å². The number of nitrogens with one attached hydrogen (secondary N) is 1. The van der Waals surface area contributed by atoms with Gasteiger partial charge in [0.2, 0.25) is 0 Å². The van der Waals surface area contributed by atoms with Crippen LogP contribution in [0, 0.1) is 6.92 Å². The molecule has 2 aromatic carbocycles. The zero-order valence-electron chi connectivity index (χ0n) is 15.0. The molecular formula is C21H26N2O2. The molecule has 2 aromatic rings. The normalized spacial score (nSPS) is 17.7. The second kappa shape index (κ2) is 8.06. The lowest BCUT2D eigenvalue weighted by Gasteiger charge is -2.31. The van der Waals surface area contributed by atoms with E-state index >= 15 is 0 Å². The molecule has 1 heterocycles. The summed E-state index contributed by atoms with van der Waals surface area (Å²) in [6.07, 6.45) is 4.38. The number of amides is 2. The second-order valence-electron chi connectivity index (χ2n) is 6.63. The first-order valence-electron chi connectivity index (χ1n) is 8.95. The lowest BCUT2D eigenvalue weighted by atomic mass is 9.99. The molecule has 0 aromatic heterocycles. The minimum Gasteiger partial charge on any atom is -0.497 e. The number of aryl methyl sites for hydroxylation is 1. The Morgan fingerprint density at radius 1 is 1.12 bits per heavy atom. The molecule has 4 heteroatoms. The molecule has 0 saturated carbocycles. The van der Waals surface area contributed by atoms with E-state index in [9.17, 15) is 4.79 Å². The fourth-order valence-corrected chi connectivity index (χ4v) is 3.47. The number of carbonyl (C=O) groups excluding carboxylic acids is 1. The zero-order chi connectivity index (χ0) is 17.6. The van der Waals surface area contributed by atoms with E-state index in [-0.39, 0.29) is 12.1 Å². The molecule has 25 heavy (non-hydrogen) atoms. The van der Waals surface area contributed by atoms with Gasteiger partial charge in [-0.05, 0) is 37.5 Å². The molecule has 0 spiro atoms. The molecule has 3 rings (SSSR count). The van der Waals surface area contributed by atoms with Gasteiger partial charge in [0.15, 0.2) is 0 Å². The summed E-state index contributed by atoms with van der Waals surface area (Å²) >= 11 is 0. The Hall–Kier alpha value is -2.49. The quantitative estimate of drug-likeness (QED) is 0.840. The number of benzene rings is 2. The van der Waals surface area contributed by atoms with Gasteiger partial charge in [-0.2, -0.15) is 0 Å². The number of nitrogens with zero attached hydrogens (tertiary/aromatic N) is 1. The summed E-state index contributed by atoms with van der Waals surface area (Å²) < 4.78 is 5.24. The summed E-state index contributed by atoms with van der Waals surface area (Å²) in [5.41, 5.74) is 3.22. The second-order valence-corrected chi connectivity index (χ2v) is 6.63. The van der Waals surface area contributed by atoms with E-state index in [1.54, 1.807) is 7.11 Å². The van der Waals surface area contributed by atoms with Crippen molar-refractivity contribution in [2.45, 2.75) is 38.6 Å². The van der Waals surface area contributed by atoms with Crippen molar-refractivity contribution in [1.29, 1.82) is 0 Å². The average Bonchev–Trinajstić information content (AvgIpc) is 2.88. The number of methoxy groups -OCH3 is 1. The van der Waals surface area contributed by atoms with E-state index in [0.29, 0.717) is 0 Å². The summed E-state index contributed by atoms with van der Waals surface area (Å²) in [6, 6.07) is 16.1. The number of hydrogen-bond acceptors (Lipinski definition) is 2. The SMILES string of the molecule is COc1cccc(NC(=O)N2CCCCC[C@H]2c2cccc(C)c2)c1. The van der Waals surface area contributed by atoms with Crippen LogP contribution >= 0.6 is 0 Å². The van der Waals surface area contributed by atoms with Crippen molar-refractivity contribution in [2.24, 2.45) is 0 Å². The van der Waals surface area contributed by atoms with Crippen LogP contribution in [0.25, 0.3) is 0 Å². The first kappa shape index (κ1) is 17.3. The fraction of sp³-hybridized carbons (Fsp3) is 0.381. The van der Waals surface area contributed by atoms with Gasteiger partial charge in [0.25, 0.3) is 0 Å². The molecule has 0 aliphatic carbocycles. The van der Waals surface area contributed by atoms with E-state index in [2.05, 4.69) is 36.5 Å². The topological polar surface area (TPSA) is 41.6 Å². The highest BCUT2D eigenvalue weighted by molar-refractivity contribution is 5.89. The molecule has 1 N–H and O–H groups in total. The van der Waals surface area contributed by atoms with Crippen molar-refractivity contribution >= 4 is 11.7 Å². The number of anilines is 1. The zero-order valence-corrected chi connectivity index (χ0v) is 15.0. The smallest absolute Gasteiger partial charge is 0.322 e. The van der Waals surface area contributed by atoms with Crippen LogP contribution in [0.2, 0.25) is 0 Å². The molecule has 2 amide bonds. The maximum absolute atomic E-state index is 13.0. The van der Waals surface area contributed by atoms with Gasteiger partial charge in [-0.1, -0.05) is 48.7 Å². The van der Waals surface area contributed by atoms with Gasteiger partial charge in [0.05, 0.1) is 13.2 Å². The number of hydrogen-bond donors (Lipinski definition) is 1. The van der Waals surface area contributed by atoms with Crippen LogP contribution in [0.15, 0.2) is 48.5 Å². The summed E-state index contributed by atoms with van der Waals surface area (Å²) in [5, 5.41) is 3.04. The minimum absolute atomic E-state index is 0.0401. The maximum atomic E-state index is 13.0. The Labute approximate surface area is 149 Å². The number of rotatable bonds is 3. The first-order valence-corrected chi connectivity index (χ1v) is 8.95. The Kier molecular flexibility index (Phi) is 5.59. The van der Waals surface area contributed by atoms with Crippen LogP contribution < -0.4 is 10.1 Å². The minimum atomic E-state index is -0.0401. The predicted molar refractivity (Wildman–Crippen MR) is 101 cm³/mol. The standard InChI is InChI=1S/C21H26N2O2/c1-16-8-6-9-17(14-16)20-12-4-3-5-13-23(20)21(24)22-18-10-7-11-19(15-18)25-2/h6-11,14-15,20H,3-5,12-13H2,1-2H3,(H,22,24)/t20-/m0/s1. The molecule has 4 nitrogen and oxygen atoms in total. The molecule has 1 fully saturated rings. The lowest BCUT2D eigenvalue weighted by molar-refractivity contribution is 0.189. The van der Waals surface area contributed by atoms with Crippen molar-refractivity contribution in [2.75, 3.05) is 19.0 Å². The van der Waals surface area contributed by atoms with Crippen LogP contribution in [-0.4, -0.2) is 24.6 Å². The maximum Gasteiger partial charge on any atom is 0.322 e. The molecule has 1 aliphatic heterocycles. The highest BCUT2D eigenvalue weighted by Crippen LogP contribution is 2.31. The van der Waals surface area contributed by atoms with E-state index in [1.165, 1.54) is 17.5 Å². The largest absolute Gasteiger partial charge is 0.497 e. The van der Waals surface area contributed by atoms with Gasteiger partial charge in [0, 0.05) is 18.3 Å². The fourth-order valence-electron chi connectivity index (χ4n) is 3.47. The highest BCUT2D eigenvalue weighted by Gasteiger charge is 2.27. The van der Waals surface area contributed by atoms with Crippen LogP contribution in [0.1, 0.15) is 42.9 Å². The van der Waals surface area contributed by atoms with E-state index in [1.807, 2.05) is 29.2 Å². The van der Waals surface area contributed by atoms with E-state index in [0.717, 1.165) is 37.2 Å². The predicted octanol–water partition coefficient (Wildman–Crippen LogP) is 5.15. The van der Waals surface area contributed by atoms with Crippen LogP contribution in [-0.2, 0) is 0 Å². The molecular weight excluding hydrogens is 312 g/mol.